The van der Waals surface area contributed by atoms with Gasteiger partial charge in [-0.1, -0.05) is 6.42 Å². The zero-order chi connectivity index (χ0) is 17.1. The molecular weight excluding hydrogens is 314 g/mol. The summed E-state index contributed by atoms with van der Waals surface area (Å²) >= 11 is 0. The molecule has 2 fully saturated rings. The number of rotatable bonds is 5. The van der Waals surface area contributed by atoms with Crippen molar-refractivity contribution >= 4 is 23.7 Å². The maximum Gasteiger partial charge on any atom is 0.416 e. The van der Waals surface area contributed by atoms with Crippen LogP contribution >= 0.6 is 0 Å². The van der Waals surface area contributed by atoms with E-state index in [0.29, 0.717) is 5.82 Å². The minimum absolute atomic E-state index is 0.00412. The molecular formula is C16H21N3O5. The summed E-state index contributed by atoms with van der Waals surface area (Å²) in [7, 11) is 0. The van der Waals surface area contributed by atoms with E-state index in [1.54, 1.807) is 24.0 Å². The molecule has 2 atom stereocenters. The highest BCUT2D eigenvalue weighted by Gasteiger charge is 2.44. The van der Waals surface area contributed by atoms with Gasteiger partial charge in [0.2, 0.25) is 0 Å². The summed E-state index contributed by atoms with van der Waals surface area (Å²) < 4.78 is 15.5. The van der Waals surface area contributed by atoms with Gasteiger partial charge in [0.15, 0.2) is 18.2 Å². The third-order valence-electron chi connectivity index (χ3n) is 4.22. The molecule has 2 aliphatic rings. The Morgan fingerprint density at radius 3 is 2.96 bits per heavy atom. The summed E-state index contributed by atoms with van der Waals surface area (Å²) in [6.45, 7) is 1.76. The average Bonchev–Trinajstić information content (AvgIpc) is 2.89. The standard InChI is InChI=1S/C16H21N3O5/c1-2-22-14(20)9-23-12-7-8-13(18-15(12)17)19-10-5-3-4-6-11(10)24-16(19)21/h7-8,10-11H,2-6,9H2,1H3,(H2,17,18). The third-order valence-corrected chi connectivity index (χ3v) is 4.22. The van der Waals surface area contributed by atoms with Crippen LogP contribution in [0.25, 0.3) is 0 Å². The second kappa shape index (κ2) is 6.94. The topological polar surface area (TPSA) is 104 Å². The molecule has 2 heterocycles. The molecule has 0 bridgehead atoms. The quantitative estimate of drug-likeness (QED) is 0.819. The smallest absolute Gasteiger partial charge is 0.416 e. The SMILES string of the molecule is CCOC(=O)COc1ccc(N2C(=O)OC3CCCCC32)nc1N. The Labute approximate surface area is 139 Å². The van der Waals surface area contributed by atoms with Crippen molar-refractivity contribution in [2.45, 2.75) is 44.8 Å². The Morgan fingerprint density at radius 2 is 2.21 bits per heavy atom. The number of hydrogen-bond donors (Lipinski definition) is 1. The van der Waals surface area contributed by atoms with Gasteiger partial charge < -0.3 is 19.9 Å². The van der Waals surface area contributed by atoms with Crippen molar-refractivity contribution in [1.82, 2.24) is 4.98 Å². The molecule has 2 unspecified atom stereocenters. The molecule has 3 rings (SSSR count). The second-order valence-electron chi connectivity index (χ2n) is 5.79. The number of carbonyl (C=O) groups excluding carboxylic acids is 2. The lowest BCUT2D eigenvalue weighted by Gasteiger charge is -2.27. The van der Waals surface area contributed by atoms with Gasteiger partial charge in [-0.15, -0.1) is 0 Å². The van der Waals surface area contributed by atoms with E-state index in [1.165, 1.54) is 0 Å². The van der Waals surface area contributed by atoms with Crippen LogP contribution in [0.5, 0.6) is 5.75 Å². The summed E-state index contributed by atoms with van der Waals surface area (Å²) in [5.41, 5.74) is 5.90. The van der Waals surface area contributed by atoms with Gasteiger partial charge in [0, 0.05) is 0 Å². The third kappa shape index (κ3) is 3.22. The molecule has 1 aromatic rings. The Bertz CT molecular complexity index is 636. The van der Waals surface area contributed by atoms with Crippen molar-refractivity contribution in [3.05, 3.63) is 12.1 Å². The van der Waals surface area contributed by atoms with Gasteiger partial charge in [0.05, 0.1) is 12.6 Å². The van der Waals surface area contributed by atoms with Gasteiger partial charge in [-0.25, -0.2) is 14.6 Å². The number of carbonyl (C=O) groups is 2. The summed E-state index contributed by atoms with van der Waals surface area (Å²) in [5.74, 6) is 0.355. The molecule has 1 aliphatic carbocycles. The predicted molar refractivity (Wildman–Crippen MR) is 85.8 cm³/mol. The van der Waals surface area contributed by atoms with Crippen molar-refractivity contribution in [2.24, 2.45) is 0 Å². The number of pyridine rings is 1. The van der Waals surface area contributed by atoms with Gasteiger partial charge in [-0.2, -0.15) is 0 Å². The number of anilines is 2. The number of fused-ring (bicyclic) bond motifs is 1. The first-order valence-electron chi connectivity index (χ1n) is 8.15. The largest absolute Gasteiger partial charge is 0.478 e. The molecule has 1 saturated carbocycles. The van der Waals surface area contributed by atoms with Crippen LogP contribution in [0.15, 0.2) is 12.1 Å². The molecule has 1 aromatic heterocycles. The molecule has 130 valence electrons. The van der Waals surface area contributed by atoms with Gasteiger partial charge in [0.25, 0.3) is 0 Å². The first kappa shape index (κ1) is 16.4. The van der Waals surface area contributed by atoms with Gasteiger partial charge in [-0.05, 0) is 38.3 Å². The number of nitrogens with two attached hydrogens (primary N) is 1. The van der Waals surface area contributed by atoms with Gasteiger partial charge in [-0.3, -0.25) is 4.90 Å². The van der Waals surface area contributed by atoms with Crippen LogP contribution < -0.4 is 15.4 Å². The number of hydrogen-bond acceptors (Lipinski definition) is 7. The van der Waals surface area contributed by atoms with Gasteiger partial charge >= 0.3 is 12.1 Å². The molecule has 1 aliphatic heterocycles. The number of esters is 1. The number of amides is 1. The summed E-state index contributed by atoms with van der Waals surface area (Å²) in [4.78, 5) is 29.3. The highest BCUT2D eigenvalue weighted by atomic mass is 16.6. The van der Waals surface area contributed by atoms with Crippen molar-refractivity contribution in [3.63, 3.8) is 0 Å². The van der Waals surface area contributed by atoms with Crippen molar-refractivity contribution < 1.29 is 23.8 Å². The molecule has 0 aromatic carbocycles. The normalized spacial score (nSPS) is 22.7. The highest BCUT2D eigenvalue weighted by Crippen LogP contribution is 2.35. The van der Waals surface area contributed by atoms with Gasteiger partial charge in [0.1, 0.15) is 11.9 Å². The van der Waals surface area contributed by atoms with E-state index in [0.717, 1.165) is 25.7 Å². The molecule has 0 radical (unpaired) electrons. The van der Waals surface area contributed by atoms with Crippen LogP contribution in [0, 0.1) is 0 Å². The fourth-order valence-electron chi connectivity index (χ4n) is 3.14. The zero-order valence-corrected chi connectivity index (χ0v) is 13.6. The summed E-state index contributed by atoms with van der Waals surface area (Å²) in [6, 6.07) is 3.25. The van der Waals surface area contributed by atoms with Crippen molar-refractivity contribution in [2.75, 3.05) is 23.8 Å². The predicted octanol–water partition coefficient (Wildman–Crippen LogP) is 1.87. The molecule has 2 N–H and O–H groups in total. The Balaban J connectivity index is 1.72. The van der Waals surface area contributed by atoms with Crippen LogP contribution in [0.3, 0.4) is 0 Å². The Hall–Kier alpha value is -2.51. The van der Waals surface area contributed by atoms with E-state index in [4.69, 9.17) is 19.9 Å². The second-order valence-corrected chi connectivity index (χ2v) is 5.79. The first-order chi connectivity index (χ1) is 11.6. The average molecular weight is 335 g/mol. The van der Waals surface area contributed by atoms with E-state index in [9.17, 15) is 9.59 Å². The van der Waals surface area contributed by atoms with E-state index in [2.05, 4.69) is 4.98 Å². The fourth-order valence-corrected chi connectivity index (χ4v) is 3.14. The molecule has 24 heavy (non-hydrogen) atoms. The molecule has 1 amide bonds. The van der Waals surface area contributed by atoms with E-state index < -0.39 is 5.97 Å². The van der Waals surface area contributed by atoms with Crippen LogP contribution in [0.1, 0.15) is 32.6 Å². The summed E-state index contributed by atoms with van der Waals surface area (Å²) in [5, 5.41) is 0. The minimum atomic E-state index is -0.478. The maximum atomic E-state index is 12.2. The Kier molecular flexibility index (Phi) is 4.73. The van der Waals surface area contributed by atoms with Crippen LogP contribution in [-0.2, 0) is 14.3 Å². The molecule has 8 nitrogen and oxygen atoms in total. The number of ether oxygens (including phenoxy) is 3. The number of aromatic nitrogens is 1. The number of nitrogens with zero attached hydrogens (tertiary/aromatic N) is 2. The zero-order valence-electron chi connectivity index (χ0n) is 13.6. The van der Waals surface area contributed by atoms with E-state index in [1.807, 2.05) is 0 Å². The number of nitrogen functional groups attached to an aromatic ring is 1. The van der Waals surface area contributed by atoms with Crippen LogP contribution in [0.4, 0.5) is 16.4 Å². The Morgan fingerprint density at radius 1 is 1.42 bits per heavy atom. The van der Waals surface area contributed by atoms with E-state index in [-0.39, 0.29) is 43.0 Å². The lowest BCUT2D eigenvalue weighted by Crippen LogP contribution is -2.39. The molecule has 8 heteroatoms. The minimum Gasteiger partial charge on any atom is -0.478 e. The monoisotopic (exact) mass is 335 g/mol. The fraction of sp³-hybridized carbons (Fsp3) is 0.562. The van der Waals surface area contributed by atoms with Crippen molar-refractivity contribution in [1.29, 1.82) is 0 Å². The highest BCUT2D eigenvalue weighted by molar-refractivity contribution is 5.90. The lowest BCUT2D eigenvalue weighted by molar-refractivity contribution is -0.145. The van der Waals surface area contributed by atoms with Crippen LogP contribution in [0.2, 0.25) is 0 Å². The van der Waals surface area contributed by atoms with Crippen LogP contribution in [-0.4, -0.2) is 42.4 Å². The molecule has 0 spiro atoms. The van der Waals surface area contributed by atoms with E-state index >= 15 is 0 Å². The summed E-state index contributed by atoms with van der Waals surface area (Å²) in [6.07, 6.45) is 3.43. The molecule has 1 saturated heterocycles. The maximum absolute atomic E-state index is 12.2. The lowest BCUT2D eigenvalue weighted by atomic mass is 9.92. The first-order valence-corrected chi connectivity index (χ1v) is 8.15. The van der Waals surface area contributed by atoms with Crippen molar-refractivity contribution in [3.8, 4) is 5.75 Å².